The molecule has 1 aromatic carbocycles. The summed E-state index contributed by atoms with van der Waals surface area (Å²) in [5.41, 5.74) is 6.58. The monoisotopic (exact) mass is 291 g/mol. The van der Waals surface area contributed by atoms with Gasteiger partial charge in [0.1, 0.15) is 5.75 Å². The zero-order valence-corrected chi connectivity index (χ0v) is 11.7. The first-order valence-corrected chi connectivity index (χ1v) is 6.66. The standard InChI is InChI=1S/C14H14ClN3O2/c1-19-12-7-9(15)3-5-11(12)13-17-14(20-18-13)8-2-4-10(16)6-8/h2-5,7-8,10H,6,16H2,1H3. The lowest BCUT2D eigenvalue weighted by Gasteiger charge is -2.05. The van der Waals surface area contributed by atoms with Gasteiger partial charge in [-0.2, -0.15) is 4.98 Å². The number of allylic oxidation sites excluding steroid dienone is 1. The number of hydrogen-bond acceptors (Lipinski definition) is 5. The molecule has 0 radical (unpaired) electrons. The van der Waals surface area contributed by atoms with Crippen molar-refractivity contribution in [3.8, 4) is 17.1 Å². The number of hydrogen-bond donors (Lipinski definition) is 1. The van der Waals surface area contributed by atoms with Crippen LogP contribution in [-0.4, -0.2) is 23.3 Å². The van der Waals surface area contributed by atoms with E-state index < -0.39 is 0 Å². The first-order chi connectivity index (χ1) is 9.67. The normalized spacial score (nSPS) is 21.4. The molecule has 104 valence electrons. The van der Waals surface area contributed by atoms with Crippen molar-refractivity contribution in [2.45, 2.75) is 18.4 Å². The van der Waals surface area contributed by atoms with E-state index in [4.69, 9.17) is 26.6 Å². The van der Waals surface area contributed by atoms with Crippen LogP contribution in [0.3, 0.4) is 0 Å². The van der Waals surface area contributed by atoms with Crippen LogP contribution >= 0.6 is 11.6 Å². The highest BCUT2D eigenvalue weighted by atomic mass is 35.5. The molecule has 0 saturated carbocycles. The van der Waals surface area contributed by atoms with Gasteiger partial charge in [0, 0.05) is 11.1 Å². The minimum absolute atomic E-state index is 0.0559. The molecule has 20 heavy (non-hydrogen) atoms. The molecule has 1 heterocycles. The van der Waals surface area contributed by atoms with Crippen LogP contribution in [0, 0.1) is 0 Å². The van der Waals surface area contributed by atoms with Gasteiger partial charge in [-0.15, -0.1) is 0 Å². The summed E-state index contributed by atoms with van der Waals surface area (Å²) in [6, 6.07) is 5.35. The minimum Gasteiger partial charge on any atom is -0.496 e. The number of methoxy groups -OCH3 is 1. The molecule has 0 saturated heterocycles. The summed E-state index contributed by atoms with van der Waals surface area (Å²) in [6.45, 7) is 0. The van der Waals surface area contributed by atoms with Gasteiger partial charge in [-0.25, -0.2) is 0 Å². The quantitative estimate of drug-likeness (QED) is 0.880. The van der Waals surface area contributed by atoms with Crippen LogP contribution < -0.4 is 10.5 Å². The summed E-state index contributed by atoms with van der Waals surface area (Å²) in [7, 11) is 1.58. The summed E-state index contributed by atoms with van der Waals surface area (Å²) in [4.78, 5) is 4.43. The predicted octanol–water partition coefficient (Wildman–Crippen LogP) is 2.77. The zero-order valence-electron chi connectivity index (χ0n) is 10.9. The molecule has 0 aliphatic heterocycles. The second-order valence-electron chi connectivity index (χ2n) is 4.69. The third-order valence-electron chi connectivity index (χ3n) is 3.28. The Labute approximate surface area is 121 Å². The Kier molecular flexibility index (Phi) is 3.46. The lowest BCUT2D eigenvalue weighted by atomic mass is 10.1. The van der Waals surface area contributed by atoms with Crippen molar-refractivity contribution >= 4 is 11.6 Å². The highest BCUT2D eigenvalue weighted by Gasteiger charge is 2.24. The van der Waals surface area contributed by atoms with Gasteiger partial charge in [-0.05, 0) is 24.6 Å². The Morgan fingerprint density at radius 2 is 2.25 bits per heavy atom. The van der Waals surface area contributed by atoms with Crippen LogP contribution in [0.5, 0.6) is 5.75 Å². The second kappa shape index (κ2) is 5.26. The van der Waals surface area contributed by atoms with E-state index in [-0.39, 0.29) is 12.0 Å². The smallest absolute Gasteiger partial charge is 0.233 e. The third kappa shape index (κ3) is 2.42. The molecule has 2 atom stereocenters. The molecule has 1 aliphatic rings. The van der Waals surface area contributed by atoms with Crippen molar-refractivity contribution in [1.29, 1.82) is 0 Å². The summed E-state index contributed by atoms with van der Waals surface area (Å²) in [6.07, 6.45) is 4.75. The van der Waals surface area contributed by atoms with Gasteiger partial charge in [0.2, 0.25) is 11.7 Å². The van der Waals surface area contributed by atoms with E-state index >= 15 is 0 Å². The Hall–Kier alpha value is -1.85. The lowest BCUT2D eigenvalue weighted by Crippen LogP contribution is -2.14. The van der Waals surface area contributed by atoms with Crippen LogP contribution in [-0.2, 0) is 0 Å². The van der Waals surface area contributed by atoms with Crippen LogP contribution in [0.4, 0.5) is 0 Å². The summed E-state index contributed by atoms with van der Waals surface area (Å²) in [5, 5.41) is 4.61. The first-order valence-electron chi connectivity index (χ1n) is 6.29. The van der Waals surface area contributed by atoms with E-state index in [1.54, 1.807) is 19.2 Å². The van der Waals surface area contributed by atoms with Crippen LogP contribution in [0.15, 0.2) is 34.9 Å². The third-order valence-corrected chi connectivity index (χ3v) is 3.52. The van der Waals surface area contributed by atoms with Gasteiger partial charge in [0.25, 0.3) is 0 Å². The average Bonchev–Trinajstić information content (AvgIpc) is 3.07. The molecular formula is C14H14ClN3O2. The van der Waals surface area contributed by atoms with Crippen molar-refractivity contribution < 1.29 is 9.26 Å². The van der Waals surface area contributed by atoms with Crippen molar-refractivity contribution in [3.05, 3.63) is 41.3 Å². The fourth-order valence-electron chi connectivity index (χ4n) is 2.26. The average molecular weight is 292 g/mol. The highest BCUT2D eigenvalue weighted by Crippen LogP contribution is 2.33. The van der Waals surface area contributed by atoms with Gasteiger partial charge in [-0.3, -0.25) is 0 Å². The van der Waals surface area contributed by atoms with Crippen LogP contribution in [0.1, 0.15) is 18.2 Å². The Bertz CT molecular complexity index is 654. The maximum absolute atomic E-state index is 5.94. The van der Waals surface area contributed by atoms with Crippen molar-refractivity contribution in [3.63, 3.8) is 0 Å². The molecule has 6 heteroatoms. The summed E-state index contributed by atoms with van der Waals surface area (Å²) >= 11 is 5.94. The number of benzene rings is 1. The molecule has 1 aliphatic carbocycles. The molecule has 5 nitrogen and oxygen atoms in total. The SMILES string of the molecule is COc1cc(Cl)ccc1-c1noc(C2C=CC(N)C2)n1. The lowest BCUT2D eigenvalue weighted by molar-refractivity contribution is 0.364. The fraction of sp³-hybridized carbons (Fsp3) is 0.286. The first kappa shape index (κ1) is 13.1. The number of nitrogens with zero attached hydrogens (tertiary/aromatic N) is 2. The summed E-state index contributed by atoms with van der Waals surface area (Å²) < 4.78 is 10.6. The number of aromatic nitrogens is 2. The number of halogens is 1. The largest absolute Gasteiger partial charge is 0.496 e. The topological polar surface area (TPSA) is 74.2 Å². The van der Waals surface area contributed by atoms with E-state index in [9.17, 15) is 0 Å². The van der Waals surface area contributed by atoms with Gasteiger partial charge in [-0.1, -0.05) is 28.9 Å². The maximum atomic E-state index is 5.94. The van der Waals surface area contributed by atoms with E-state index in [1.165, 1.54) is 0 Å². The summed E-state index contributed by atoms with van der Waals surface area (Å²) in [5.74, 6) is 1.76. The number of nitrogens with two attached hydrogens (primary N) is 1. The number of ether oxygens (including phenoxy) is 1. The second-order valence-corrected chi connectivity index (χ2v) is 5.13. The zero-order chi connectivity index (χ0) is 14.1. The molecule has 2 unspecified atom stereocenters. The molecule has 3 rings (SSSR count). The molecule has 1 aromatic heterocycles. The van der Waals surface area contributed by atoms with Gasteiger partial charge in [0.05, 0.1) is 18.6 Å². The van der Waals surface area contributed by atoms with Gasteiger partial charge < -0.3 is 15.0 Å². The molecule has 2 aromatic rings. The van der Waals surface area contributed by atoms with Crippen LogP contribution in [0.25, 0.3) is 11.4 Å². The van der Waals surface area contributed by atoms with E-state index in [1.807, 2.05) is 18.2 Å². The molecule has 0 spiro atoms. The minimum atomic E-state index is 0.0559. The highest BCUT2D eigenvalue weighted by molar-refractivity contribution is 6.30. The van der Waals surface area contributed by atoms with Crippen molar-refractivity contribution in [1.82, 2.24) is 10.1 Å². The molecule has 0 amide bonds. The van der Waals surface area contributed by atoms with E-state index in [0.717, 1.165) is 12.0 Å². The van der Waals surface area contributed by atoms with E-state index in [0.29, 0.717) is 22.5 Å². The molecule has 0 fully saturated rings. The predicted molar refractivity (Wildman–Crippen MR) is 75.8 cm³/mol. The van der Waals surface area contributed by atoms with Crippen LogP contribution in [0.2, 0.25) is 5.02 Å². The van der Waals surface area contributed by atoms with Crippen molar-refractivity contribution in [2.75, 3.05) is 7.11 Å². The fourth-order valence-corrected chi connectivity index (χ4v) is 2.42. The van der Waals surface area contributed by atoms with Gasteiger partial charge >= 0.3 is 0 Å². The van der Waals surface area contributed by atoms with E-state index in [2.05, 4.69) is 10.1 Å². The molecule has 2 N–H and O–H groups in total. The Morgan fingerprint density at radius 1 is 1.40 bits per heavy atom. The molecule has 0 bridgehead atoms. The molecular weight excluding hydrogens is 278 g/mol. The maximum Gasteiger partial charge on any atom is 0.233 e. The Balaban J connectivity index is 1.92. The Morgan fingerprint density at radius 3 is 2.95 bits per heavy atom. The van der Waals surface area contributed by atoms with Crippen molar-refractivity contribution in [2.24, 2.45) is 5.73 Å². The number of rotatable bonds is 3. The van der Waals surface area contributed by atoms with Gasteiger partial charge in [0.15, 0.2) is 0 Å².